The summed E-state index contributed by atoms with van der Waals surface area (Å²) in [5.41, 5.74) is 2.83. The van der Waals surface area contributed by atoms with Gasteiger partial charge >= 0.3 is 0 Å². The van der Waals surface area contributed by atoms with E-state index < -0.39 is 11.6 Å². The highest BCUT2D eigenvalue weighted by atomic mass is 35.5. The Labute approximate surface area is 146 Å². The summed E-state index contributed by atoms with van der Waals surface area (Å²) in [5.74, 6) is -1.36. The monoisotopic (exact) mass is 352 g/mol. The topological polar surface area (TPSA) is 32.3 Å². The first-order valence-corrected chi connectivity index (χ1v) is 7.48. The number of halogens is 3. The Balaban J connectivity index is 0.00000208. The SMILES string of the molecule is CC(=O)Nc1cccc(C2CN(C)Cc3c(F)cc(F)cc32)c1.Cl. The van der Waals surface area contributed by atoms with E-state index in [4.69, 9.17) is 0 Å². The Bertz CT molecular complexity index is 767. The number of rotatable bonds is 2. The quantitative estimate of drug-likeness (QED) is 0.888. The summed E-state index contributed by atoms with van der Waals surface area (Å²) in [5, 5.41) is 2.74. The molecule has 3 rings (SSSR count). The Morgan fingerprint density at radius 1 is 1.25 bits per heavy atom. The molecule has 128 valence electrons. The predicted molar refractivity (Wildman–Crippen MR) is 92.5 cm³/mol. The van der Waals surface area contributed by atoms with Crippen LogP contribution in [0, 0.1) is 11.6 Å². The molecule has 3 nitrogen and oxygen atoms in total. The van der Waals surface area contributed by atoms with Crippen molar-refractivity contribution in [2.75, 3.05) is 18.9 Å². The van der Waals surface area contributed by atoms with Crippen LogP contribution in [0.2, 0.25) is 0 Å². The van der Waals surface area contributed by atoms with E-state index in [-0.39, 0.29) is 24.2 Å². The third-order valence-corrected chi connectivity index (χ3v) is 4.10. The van der Waals surface area contributed by atoms with Crippen molar-refractivity contribution in [1.29, 1.82) is 0 Å². The van der Waals surface area contributed by atoms with Gasteiger partial charge in [0.2, 0.25) is 5.91 Å². The average Bonchev–Trinajstić information content (AvgIpc) is 2.47. The smallest absolute Gasteiger partial charge is 0.221 e. The predicted octanol–water partition coefficient (Wildman–Crippen LogP) is 3.92. The van der Waals surface area contributed by atoms with E-state index in [1.807, 2.05) is 30.1 Å². The number of benzene rings is 2. The largest absolute Gasteiger partial charge is 0.326 e. The van der Waals surface area contributed by atoms with Gasteiger partial charge in [0.05, 0.1) is 0 Å². The summed E-state index contributed by atoms with van der Waals surface area (Å²) in [7, 11) is 1.91. The molecule has 1 heterocycles. The van der Waals surface area contributed by atoms with Crippen LogP contribution in [0.5, 0.6) is 0 Å². The van der Waals surface area contributed by atoms with E-state index in [2.05, 4.69) is 5.32 Å². The molecule has 0 spiro atoms. The first kappa shape index (κ1) is 18.4. The Morgan fingerprint density at radius 3 is 2.71 bits per heavy atom. The second-order valence-electron chi connectivity index (χ2n) is 6.01. The van der Waals surface area contributed by atoms with Crippen LogP contribution in [-0.2, 0) is 11.3 Å². The van der Waals surface area contributed by atoms with Crippen LogP contribution in [0.15, 0.2) is 36.4 Å². The summed E-state index contributed by atoms with van der Waals surface area (Å²) < 4.78 is 27.8. The zero-order valence-corrected chi connectivity index (χ0v) is 14.3. The third-order valence-electron chi connectivity index (χ3n) is 4.10. The molecular formula is C18H19ClF2N2O. The number of carbonyl (C=O) groups is 1. The van der Waals surface area contributed by atoms with Gasteiger partial charge in [-0.15, -0.1) is 12.4 Å². The zero-order chi connectivity index (χ0) is 16.6. The van der Waals surface area contributed by atoms with Crippen molar-refractivity contribution < 1.29 is 13.6 Å². The maximum absolute atomic E-state index is 14.1. The molecule has 24 heavy (non-hydrogen) atoms. The van der Waals surface area contributed by atoms with Crippen molar-refractivity contribution >= 4 is 24.0 Å². The number of nitrogens with zero attached hydrogens (tertiary/aromatic N) is 1. The van der Waals surface area contributed by atoms with E-state index in [9.17, 15) is 13.6 Å². The van der Waals surface area contributed by atoms with Crippen molar-refractivity contribution in [2.24, 2.45) is 0 Å². The number of anilines is 1. The maximum Gasteiger partial charge on any atom is 0.221 e. The van der Waals surface area contributed by atoms with Crippen LogP contribution < -0.4 is 5.32 Å². The highest BCUT2D eigenvalue weighted by Gasteiger charge is 2.28. The number of hydrogen-bond donors (Lipinski definition) is 1. The lowest BCUT2D eigenvalue weighted by Gasteiger charge is -2.33. The first-order valence-electron chi connectivity index (χ1n) is 7.48. The number of carbonyl (C=O) groups excluding carboxylic acids is 1. The molecule has 0 aliphatic carbocycles. The van der Waals surface area contributed by atoms with E-state index >= 15 is 0 Å². The van der Waals surface area contributed by atoms with Crippen molar-refractivity contribution in [3.63, 3.8) is 0 Å². The highest BCUT2D eigenvalue weighted by molar-refractivity contribution is 5.88. The van der Waals surface area contributed by atoms with Crippen LogP contribution in [0.4, 0.5) is 14.5 Å². The van der Waals surface area contributed by atoms with E-state index in [1.54, 1.807) is 6.07 Å². The summed E-state index contributed by atoms with van der Waals surface area (Å²) >= 11 is 0. The van der Waals surface area contributed by atoms with Crippen LogP contribution in [0.1, 0.15) is 29.5 Å². The van der Waals surface area contributed by atoms with E-state index in [1.165, 1.54) is 13.0 Å². The molecule has 0 aromatic heterocycles. The lowest BCUT2D eigenvalue weighted by Crippen LogP contribution is -2.32. The molecule has 6 heteroatoms. The minimum absolute atomic E-state index is 0. The average molecular weight is 353 g/mol. The number of fused-ring (bicyclic) bond motifs is 1. The van der Waals surface area contributed by atoms with Crippen LogP contribution >= 0.6 is 12.4 Å². The van der Waals surface area contributed by atoms with Gasteiger partial charge < -0.3 is 10.2 Å². The minimum Gasteiger partial charge on any atom is -0.326 e. The van der Waals surface area contributed by atoms with Gasteiger partial charge in [-0.2, -0.15) is 0 Å². The molecule has 0 saturated heterocycles. The molecule has 1 unspecified atom stereocenters. The molecule has 0 radical (unpaired) electrons. The Hall–Kier alpha value is -1.98. The summed E-state index contributed by atoms with van der Waals surface area (Å²) in [6, 6.07) is 9.76. The normalized spacial score (nSPS) is 16.9. The van der Waals surface area contributed by atoms with Crippen LogP contribution in [0.3, 0.4) is 0 Å². The van der Waals surface area contributed by atoms with E-state index in [0.717, 1.165) is 11.6 Å². The van der Waals surface area contributed by atoms with E-state index in [0.29, 0.717) is 29.9 Å². The van der Waals surface area contributed by atoms with Gasteiger partial charge in [-0.25, -0.2) is 8.78 Å². The molecule has 1 aliphatic rings. The molecule has 2 aromatic carbocycles. The van der Waals surface area contributed by atoms with Gasteiger partial charge in [0.15, 0.2) is 0 Å². The molecule has 0 bridgehead atoms. The molecular weight excluding hydrogens is 334 g/mol. The third kappa shape index (κ3) is 3.74. The van der Waals surface area contributed by atoms with Crippen molar-refractivity contribution in [1.82, 2.24) is 4.90 Å². The van der Waals surface area contributed by atoms with Crippen molar-refractivity contribution in [2.45, 2.75) is 19.4 Å². The molecule has 1 atom stereocenters. The number of nitrogens with one attached hydrogen (secondary N) is 1. The zero-order valence-electron chi connectivity index (χ0n) is 13.5. The number of amides is 1. The van der Waals surface area contributed by atoms with Crippen LogP contribution in [0.25, 0.3) is 0 Å². The van der Waals surface area contributed by atoms with Gasteiger partial charge in [0.25, 0.3) is 0 Å². The fraction of sp³-hybridized carbons (Fsp3) is 0.278. The molecule has 2 aromatic rings. The van der Waals surface area contributed by atoms with Gasteiger partial charge in [-0.1, -0.05) is 12.1 Å². The Morgan fingerprint density at radius 2 is 2.00 bits per heavy atom. The van der Waals surface area contributed by atoms with Gasteiger partial charge in [0.1, 0.15) is 11.6 Å². The minimum atomic E-state index is -0.561. The Kier molecular flexibility index (Phi) is 5.57. The summed E-state index contributed by atoms with van der Waals surface area (Å²) in [4.78, 5) is 13.2. The maximum atomic E-state index is 14.1. The van der Waals surface area contributed by atoms with Crippen LogP contribution in [-0.4, -0.2) is 24.4 Å². The second kappa shape index (κ2) is 7.28. The van der Waals surface area contributed by atoms with Crippen molar-refractivity contribution in [3.05, 3.63) is 64.7 Å². The first-order chi connectivity index (χ1) is 10.9. The fourth-order valence-electron chi connectivity index (χ4n) is 3.17. The molecule has 1 amide bonds. The second-order valence-corrected chi connectivity index (χ2v) is 6.01. The molecule has 0 fully saturated rings. The summed E-state index contributed by atoms with van der Waals surface area (Å²) in [6.45, 7) is 2.57. The lowest BCUT2D eigenvalue weighted by molar-refractivity contribution is -0.114. The standard InChI is InChI=1S/C18H18F2N2O.ClH/c1-11(23)21-14-5-3-4-12(6-14)16-9-22(2)10-17-15(16)7-13(19)8-18(17)20;/h3-8,16H,9-10H2,1-2H3,(H,21,23);1H. The number of likely N-dealkylation sites (N-methyl/N-ethyl adjacent to an activating group) is 1. The van der Waals surface area contributed by atoms with Gasteiger partial charge in [-0.3, -0.25) is 4.79 Å². The van der Waals surface area contributed by atoms with Gasteiger partial charge in [-0.05, 0) is 36.4 Å². The van der Waals surface area contributed by atoms with Gasteiger partial charge in [0, 0.05) is 43.2 Å². The summed E-state index contributed by atoms with van der Waals surface area (Å²) in [6.07, 6.45) is 0. The lowest BCUT2D eigenvalue weighted by atomic mass is 9.84. The number of hydrogen-bond acceptors (Lipinski definition) is 2. The molecule has 0 saturated carbocycles. The van der Waals surface area contributed by atoms with Crippen molar-refractivity contribution in [3.8, 4) is 0 Å². The molecule has 1 N–H and O–H groups in total. The molecule has 1 aliphatic heterocycles. The highest BCUT2D eigenvalue weighted by Crippen LogP contribution is 2.35. The fourth-order valence-corrected chi connectivity index (χ4v) is 3.17.